The van der Waals surface area contributed by atoms with Crippen LogP contribution in [0.3, 0.4) is 0 Å². The van der Waals surface area contributed by atoms with Crippen LogP contribution in [0.1, 0.15) is 35.4 Å². The molecule has 6 heteroatoms. The maximum atomic E-state index is 11.3. The second-order valence-electron chi connectivity index (χ2n) is 7.11. The second-order valence-corrected chi connectivity index (χ2v) is 7.52. The van der Waals surface area contributed by atoms with Gasteiger partial charge in [0.15, 0.2) is 0 Å². The lowest BCUT2D eigenvalue weighted by atomic mass is 10.1. The van der Waals surface area contributed by atoms with Gasteiger partial charge in [0.05, 0.1) is 17.1 Å². The molecule has 26 heavy (non-hydrogen) atoms. The first kappa shape index (κ1) is 19.0. The van der Waals surface area contributed by atoms with Crippen molar-refractivity contribution in [1.29, 1.82) is 0 Å². The van der Waals surface area contributed by atoms with Crippen LogP contribution in [-0.2, 0) is 6.54 Å². The molecule has 0 bridgehead atoms. The summed E-state index contributed by atoms with van der Waals surface area (Å²) in [5.41, 5.74) is 0.809. The summed E-state index contributed by atoms with van der Waals surface area (Å²) < 4.78 is 5.99. The average molecular weight is 377 g/mol. The first-order valence-electron chi connectivity index (χ1n) is 8.95. The van der Waals surface area contributed by atoms with Gasteiger partial charge in [-0.25, -0.2) is 4.79 Å². The third-order valence-electron chi connectivity index (χ3n) is 4.98. The van der Waals surface area contributed by atoms with Gasteiger partial charge in [-0.3, -0.25) is 4.90 Å². The van der Waals surface area contributed by atoms with Gasteiger partial charge in [-0.15, -0.1) is 0 Å². The van der Waals surface area contributed by atoms with E-state index in [0.717, 1.165) is 31.0 Å². The minimum atomic E-state index is -1.04. The minimum absolute atomic E-state index is 0.0865. The first-order chi connectivity index (χ1) is 12.4. The number of likely N-dealkylation sites (N-methyl/N-ethyl adjacent to an activating group) is 1. The number of likely N-dealkylation sites (tertiary alicyclic amines) is 1. The molecule has 1 aromatic carbocycles. The Morgan fingerprint density at radius 2 is 2.12 bits per heavy atom. The number of nitrogens with zero attached hydrogens (tertiary/aromatic N) is 2. The Labute approximate surface area is 159 Å². The highest BCUT2D eigenvalue weighted by Gasteiger charge is 2.21. The number of carboxylic acids is 1. The highest BCUT2D eigenvalue weighted by molar-refractivity contribution is 6.33. The average Bonchev–Trinajstić information content (AvgIpc) is 2.92. The smallest absolute Gasteiger partial charge is 0.337 e. The highest BCUT2D eigenvalue weighted by Crippen LogP contribution is 2.28. The topological polar surface area (TPSA) is 56.9 Å². The van der Waals surface area contributed by atoms with Crippen molar-refractivity contribution in [3.8, 4) is 11.3 Å². The molecule has 1 N–H and O–H groups in total. The normalized spacial score (nSPS) is 18.8. The predicted octanol–water partition coefficient (Wildman–Crippen LogP) is 4.21. The van der Waals surface area contributed by atoms with Gasteiger partial charge in [-0.05, 0) is 63.8 Å². The monoisotopic (exact) mass is 376 g/mol. The van der Waals surface area contributed by atoms with Crippen molar-refractivity contribution in [2.24, 2.45) is 0 Å². The van der Waals surface area contributed by atoms with Gasteiger partial charge in [0.2, 0.25) is 0 Å². The number of hydrogen-bond acceptors (Lipinski definition) is 4. The predicted molar refractivity (Wildman–Crippen MR) is 103 cm³/mol. The zero-order chi connectivity index (χ0) is 18.7. The maximum Gasteiger partial charge on any atom is 0.337 e. The van der Waals surface area contributed by atoms with Crippen molar-refractivity contribution in [2.45, 2.75) is 31.8 Å². The lowest BCUT2D eigenvalue weighted by Gasteiger charge is -2.27. The van der Waals surface area contributed by atoms with Crippen LogP contribution in [0.15, 0.2) is 34.7 Å². The van der Waals surface area contributed by atoms with Crippen LogP contribution in [-0.4, -0.2) is 54.1 Å². The summed E-state index contributed by atoms with van der Waals surface area (Å²) in [6, 6.07) is 9.37. The number of carbonyl (C=O) groups is 1. The third-order valence-corrected chi connectivity index (χ3v) is 5.31. The van der Waals surface area contributed by atoms with Crippen molar-refractivity contribution >= 4 is 17.6 Å². The lowest BCUT2D eigenvalue weighted by Crippen LogP contribution is -2.38. The summed E-state index contributed by atoms with van der Waals surface area (Å²) >= 11 is 5.95. The fourth-order valence-corrected chi connectivity index (χ4v) is 3.64. The molecule has 0 saturated carbocycles. The fraction of sp³-hybridized carbons (Fsp3) is 0.450. The van der Waals surface area contributed by atoms with Crippen molar-refractivity contribution in [1.82, 2.24) is 9.80 Å². The van der Waals surface area contributed by atoms with Gasteiger partial charge < -0.3 is 14.4 Å². The molecule has 5 nitrogen and oxygen atoms in total. The zero-order valence-corrected chi connectivity index (χ0v) is 16.0. The van der Waals surface area contributed by atoms with E-state index in [1.54, 1.807) is 18.2 Å². The van der Waals surface area contributed by atoms with E-state index in [1.165, 1.54) is 19.3 Å². The summed E-state index contributed by atoms with van der Waals surface area (Å²) in [4.78, 5) is 16.0. The quantitative estimate of drug-likeness (QED) is 0.846. The van der Waals surface area contributed by atoms with Gasteiger partial charge in [-0.1, -0.05) is 18.0 Å². The van der Waals surface area contributed by atoms with Crippen LogP contribution in [0.2, 0.25) is 5.02 Å². The SMILES string of the molecule is CN(C)[C@H]1CCCCN(Cc2ccc(-c3ccc(Cl)c(C(=O)O)c3)o2)C1. The molecule has 1 saturated heterocycles. The molecule has 0 unspecified atom stereocenters. The number of aromatic carboxylic acids is 1. The van der Waals surface area contributed by atoms with E-state index in [4.69, 9.17) is 16.0 Å². The molecule has 3 rings (SSSR count). The molecular weight excluding hydrogens is 352 g/mol. The molecule has 1 aliphatic rings. The number of halogens is 1. The molecule has 0 amide bonds. The molecule has 1 aromatic heterocycles. The van der Waals surface area contributed by atoms with Crippen LogP contribution in [0.25, 0.3) is 11.3 Å². The Balaban J connectivity index is 1.74. The second kappa shape index (κ2) is 8.25. The van der Waals surface area contributed by atoms with Gasteiger partial charge >= 0.3 is 5.97 Å². The van der Waals surface area contributed by atoms with Crippen LogP contribution < -0.4 is 0 Å². The van der Waals surface area contributed by atoms with E-state index < -0.39 is 5.97 Å². The summed E-state index contributed by atoms with van der Waals surface area (Å²) in [5.74, 6) is 0.521. The van der Waals surface area contributed by atoms with E-state index in [9.17, 15) is 9.90 Å². The molecule has 0 aliphatic carbocycles. The standard InChI is InChI=1S/C20H25ClN2O3/c1-22(2)15-5-3-4-10-23(12-15)13-16-7-9-19(26-16)14-6-8-18(21)17(11-14)20(24)25/h6-9,11,15H,3-5,10,12-13H2,1-2H3,(H,24,25)/t15-/m0/s1. The van der Waals surface area contributed by atoms with Crippen LogP contribution in [0, 0.1) is 0 Å². The van der Waals surface area contributed by atoms with Crippen molar-refractivity contribution < 1.29 is 14.3 Å². The Morgan fingerprint density at radius 3 is 2.85 bits per heavy atom. The van der Waals surface area contributed by atoms with Crippen LogP contribution in [0.5, 0.6) is 0 Å². The third kappa shape index (κ3) is 4.47. The molecule has 1 aliphatic heterocycles. The van der Waals surface area contributed by atoms with E-state index in [0.29, 0.717) is 11.8 Å². The number of furan rings is 1. The summed E-state index contributed by atoms with van der Waals surface area (Å²) in [7, 11) is 4.28. The Bertz CT molecular complexity index is 772. The van der Waals surface area contributed by atoms with Gasteiger partial charge in [0.1, 0.15) is 11.5 Å². The molecule has 1 atom stereocenters. The Kier molecular flexibility index (Phi) is 6.01. The molecule has 2 heterocycles. The van der Waals surface area contributed by atoms with Gasteiger partial charge in [-0.2, -0.15) is 0 Å². The van der Waals surface area contributed by atoms with E-state index in [2.05, 4.69) is 23.9 Å². The Morgan fingerprint density at radius 1 is 1.31 bits per heavy atom. The highest BCUT2D eigenvalue weighted by atomic mass is 35.5. The summed E-state index contributed by atoms with van der Waals surface area (Å²) in [6.45, 7) is 2.88. The zero-order valence-electron chi connectivity index (χ0n) is 15.2. The summed E-state index contributed by atoms with van der Waals surface area (Å²) in [6.07, 6.45) is 3.69. The number of hydrogen-bond donors (Lipinski definition) is 1. The van der Waals surface area contributed by atoms with E-state index in [1.807, 2.05) is 12.1 Å². The lowest BCUT2D eigenvalue weighted by molar-refractivity contribution is 0.0697. The first-order valence-corrected chi connectivity index (χ1v) is 9.32. The number of benzene rings is 1. The Hall–Kier alpha value is -1.82. The maximum absolute atomic E-state index is 11.3. The largest absolute Gasteiger partial charge is 0.478 e. The molecular formula is C20H25ClN2O3. The fourth-order valence-electron chi connectivity index (χ4n) is 3.44. The number of rotatable bonds is 5. The van der Waals surface area contributed by atoms with E-state index in [-0.39, 0.29) is 10.6 Å². The molecule has 0 radical (unpaired) electrons. The van der Waals surface area contributed by atoms with E-state index >= 15 is 0 Å². The molecule has 140 valence electrons. The van der Waals surface area contributed by atoms with Gasteiger partial charge in [0.25, 0.3) is 0 Å². The van der Waals surface area contributed by atoms with Crippen LogP contribution >= 0.6 is 11.6 Å². The number of carboxylic acid groups (broad SMARTS) is 1. The van der Waals surface area contributed by atoms with Crippen molar-refractivity contribution in [3.05, 3.63) is 46.7 Å². The molecule has 0 spiro atoms. The minimum Gasteiger partial charge on any atom is -0.478 e. The summed E-state index contributed by atoms with van der Waals surface area (Å²) in [5, 5.41) is 9.46. The van der Waals surface area contributed by atoms with Crippen molar-refractivity contribution in [3.63, 3.8) is 0 Å². The van der Waals surface area contributed by atoms with Crippen LogP contribution in [0.4, 0.5) is 0 Å². The van der Waals surface area contributed by atoms with Gasteiger partial charge in [0, 0.05) is 18.2 Å². The van der Waals surface area contributed by atoms with Crippen molar-refractivity contribution in [2.75, 3.05) is 27.2 Å². The molecule has 1 fully saturated rings. The molecule has 2 aromatic rings.